The van der Waals surface area contributed by atoms with Gasteiger partial charge < -0.3 is 4.74 Å². The van der Waals surface area contributed by atoms with Gasteiger partial charge >= 0.3 is 0 Å². The Morgan fingerprint density at radius 2 is 1.61 bits per heavy atom. The molecule has 0 fully saturated rings. The molecule has 0 saturated heterocycles. The number of benzene rings is 3. The zero-order chi connectivity index (χ0) is 26.1. The lowest BCUT2D eigenvalue weighted by Gasteiger charge is -2.27. The Balaban J connectivity index is 1.21. The molecule has 38 heavy (non-hydrogen) atoms. The minimum absolute atomic E-state index is 0.246. The fourth-order valence-corrected chi connectivity index (χ4v) is 5.55. The van der Waals surface area contributed by atoms with Crippen molar-refractivity contribution < 1.29 is 14.3 Å². The Morgan fingerprint density at radius 1 is 0.868 bits per heavy atom. The molecule has 3 heterocycles. The molecule has 0 bridgehead atoms. The molecule has 0 unspecified atom stereocenters. The highest BCUT2D eigenvalue weighted by Gasteiger charge is 2.32. The second-order valence-electron chi connectivity index (χ2n) is 8.75. The predicted octanol–water partition coefficient (Wildman–Crippen LogP) is 5.27. The van der Waals surface area contributed by atoms with Gasteiger partial charge in [0.2, 0.25) is 0 Å². The molecule has 188 valence electrons. The van der Waals surface area contributed by atoms with Crippen molar-refractivity contribution in [3.8, 4) is 22.8 Å². The van der Waals surface area contributed by atoms with Crippen LogP contribution in [0.2, 0.25) is 0 Å². The number of hydrogen-bond acceptors (Lipinski definition) is 7. The highest BCUT2D eigenvalue weighted by molar-refractivity contribution is 7.99. The average Bonchev–Trinajstić information content (AvgIpc) is 3.39. The van der Waals surface area contributed by atoms with Crippen molar-refractivity contribution in [2.45, 2.75) is 11.6 Å². The largest absolute Gasteiger partial charge is 0.497 e. The third-order valence-corrected chi connectivity index (χ3v) is 7.51. The summed E-state index contributed by atoms with van der Waals surface area (Å²) in [7, 11) is 1.63. The molecular formula is C29H23N5O3S. The lowest BCUT2D eigenvalue weighted by molar-refractivity contribution is 0.0611. The zero-order valence-electron chi connectivity index (χ0n) is 20.6. The van der Waals surface area contributed by atoms with Crippen LogP contribution in [0.25, 0.3) is 27.8 Å². The van der Waals surface area contributed by atoms with Gasteiger partial charge in [-0.15, -0.1) is 10.2 Å². The van der Waals surface area contributed by atoms with E-state index in [-0.39, 0.29) is 11.8 Å². The Bertz CT molecular complexity index is 1600. The summed E-state index contributed by atoms with van der Waals surface area (Å²) in [4.78, 5) is 32.0. The van der Waals surface area contributed by atoms with Crippen LogP contribution >= 0.6 is 11.8 Å². The number of carbonyl (C=O) groups excluding carboxylic acids is 2. The Hall–Kier alpha value is -4.50. The van der Waals surface area contributed by atoms with Crippen LogP contribution in [0.5, 0.6) is 5.75 Å². The first kappa shape index (κ1) is 23.9. The third-order valence-electron chi connectivity index (χ3n) is 6.50. The molecule has 9 heteroatoms. The van der Waals surface area contributed by atoms with Gasteiger partial charge in [-0.25, -0.2) is 0 Å². The molecule has 0 saturated carbocycles. The highest BCUT2D eigenvalue weighted by atomic mass is 32.2. The van der Waals surface area contributed by atoms with E-state index in [0.717, 1.165) is 27.8 Å². The number of amides is 2. The minimum Gasteiger partial charge on any atom is -0.497 e. The summed E-state index contributed by atoms with van der Waals surface area (Å²) in [5, 5.41) is 11.3. The van der Waals surface area contributed by atoms with Crippen LogP contribution in [0.4, 0.5) is 0 Å². The molecule has 0 spiro atoms. The predicted molar refractivity (Wildman–Crippen MR) is 146 cm³/mol. The minimum atomic E-state index is -0.246. The molecular weight excluding hydrogens is 498 g/mol. The van der Waals surface area contributed by atoms with Gasteiger partial charge in [0.1, 0.15) is 5.75 Å². The Morgan fingerprint density at radius 3 is 2.26 bits per heavy atom. The standard InChI is InChI=1S/C29H23N5O3S/c1-37-22-13-11-21(12-14-22)34-26(20-8-4-15-30-18-20)31-32-29(34)38-17-5-16-33-27(35)23-9-2-6-19-7-3-10-24(25(19)23)28(33)36/h2-4,6-15,18H,5,16-17H2,1H3. The van der Waals surface area contributed by atoms with E-state index in [2.05, 4.69) is 15.2 Å². The summed E-state index contributed by atoms with van der Waals surface area (Å²) < 4.78 is 7.29. The summed E-state index contributed by atoms with van der Waals surface area (Å²) in [6.07, 6.45) is 4.08. The van der Waals surface area contributed by atoms with Crippen LogP contribution in [0.1, 0.15) is 27.1 Å². The van der Waals surface area contributed by atoms with E-state index in [1.54, 1.807) is 31.6 Å². The normalized spacial score (nSPS) is 12.8. The number of rotatable bonds is 8. The van der Waals surface area contributed by atoms with Crippen LogP contribution in [-0.4, -0.2) is 55.9 Å². The van der Waals surface area contributed by atoms with E-state index in [1.165, 1.54) is 16.7 Å². The van der Waals surface area contributed by atoms with Gasteiger partial charge in [-0.1, -0.05) is 36.0 Å². The van der Waals surface area contributed by atoms with E-state index in [9.17, 15) is 9.59 Å². The molecule has 0 aliphatic carbocycles. The number of hydrogen-bond donors (Lipinski definition) is 0. The molecule has 2 aromatic heterocycles. The molecule has 1 aliphatic heterocycles. The van der Waals surface area contributed by atoms with Crippen molar-refractivity contribution >= 4 is 34.3 Å². The lowest BCUT2D eigenvalue weighted by atomic mass is 9.94. The fourth-order valence-electron chi connectivity index (χ4n) is 4.68. The van der Waals surface area contributed by atoms with Crippen LogP contribution in [0.15, 0.2) is 90.3 Å². The molecule has 3 aromatic carbocycles. The maximum absolute atomic E-state index is 13.2. The maximum atomic E-state index is 13.2. The molecule has 5 aromatic rings. The molecule has 0 atom stereocenters. The Labute approximate surface area is 223 Å². The first-order valence-electron chi connectivity index (χ1n) is 12.2. The van der Waals surface area contributed by atoms with Crippen molar-refractivity contribution in [1.82, 2.24) is 24.6 Å². The van der Waals surface area contributed by atoms with Crippen molar-refractivity contribution in [3.05, 3.63) is 96.3 Å². The fraction of sp³-hybridized carbons (Fsp3) is 0.138. The topological polar surface area (TPSA) is 90.2 Å². The zero-order valence-corrected chi connectivity index (χ0v) is 21.4. The summed E-state index contributed by atoms with van der Waals surface area (Å²) in [5.41, 5.74) is 2.89. The highest BCUT2D eigenvalue weighted by Crippen LogP contribution is 2.31. The van der Waals surface area contributed by atoms with Crippen molar-refractivity contribution in [2.24, 2.45) is 0 Å². The average molecular weight is 522 g/mol. The summed E-state index contributed by atoms with van der Waals surface area (Å²) in [6, 6.07) is 22.6. The number of aromatic nitrogens is 4. The SMILES string of the molecule is COc1ccc(-n2c(SCCCN3C(=O)c4cccc5cccc(c45)C3=O)nnc2-c2cccnc2)cc1. The monoisotopic (exact) mass is 521 g/mol. The smallest absolute Gasteiger partial charge is 0.261 e. The number of ether oxygens (including phenoxy) is 1. The molecule has 6 rings (SSSR count). The number of nitrogens with zero attached hydrogens (tertiary/aromatic N) is 5. The van der Waals surface area contributed by atoms with Crippen LogP contribution < -0.4 is 4.74 Å². The Kier molecular flexibility index (Phi) is 6.35. The number of carbonyl (C=O) groups is 2. The van der Waals surface area contributed by atoms with E-state index in [1.807, 2.05) is 65.2 Å². The van der Waals surface area contributed by atoms with Crippen LogP contribution in [0, 0.1) is 0 Å². The van der Waals surface area contributed by atoms with Crippen LogP contribution in [0.3, 0.4) is 0 Å². The summed E-state index contributed by atoms with van der Waals surface area (Å²) in [5.74, 6) is 1.59. The summed E-state index contributed by atoms with van der Waals surface area (Å²) in [6.45, 7) is 0.321. The molecule has 0 radical (unpaired) electrons. The molecule has 1 aliphatic rings. The molecule has 2 amide bonds. The lowest BCUT2D eigenvalue weighted by Crippen LogP contribution is -2.41. The number of pyridine rings is 1. The first-order valence-corrected chi connectivity index (χ1v) is 13.2. The van der Waals surface area contributed by atoms with Crippen molar-refractivity contribution in [2.75, 3.05) is 19.4 Å². The van der Waals surface area contributed by atoms with Crippen molar-refractivity contribution in [3.63, 3.8) is 0 Å². The molecule has 0 N–H and O–H groups in total. The quantitative estimate of drug-likeness (QED) is 0.156. The summed E-state index contributed by atoms with van der Waals surface area (Å²) >= 11 is 1.53. The van der Waals surface area contributed by atoms with Gasteiger partial charge in [-0.05, 0) is 60.3 Å². The van der Waals surface area contributed by atoms with E-state index < -0.39 is 0 Å². The number of methoxy groups -OCH3 is 1. The second-order valence-corrected chi connectivity index (χ2v) is 9.82. The number of imide groups is 1. The van der Waals surface area contributed by atoms with Gasteiger partial charge in [0, 0.05) is 52.5 Å². The van der Waals surface area contributed by atoms with Gasteiger partial charge in [0.25, 0.3) is 11.8 Å². The first-order chi connectivity index (χ1) is 18.7. The van der Waals surface area contributed by atoms with E-state index in [4.69, 9.17) is 4.74 Å². The van der Waals surface area contributed by atoms with E-state index in [0.29, 0.717) is 40.8 Å². The maximum Gasteiger partial charge on any atom is 0.261 e. The van der Waals surface area contributed by atoms with Gasteiger partial charge in [0.15, 0.2) is 11.0 Å². The van der Waals surface area contributed by atoms with Gasteiger partial charge in [-0.3, -0.25) is 24.0 Å². The van der Waals surface area contributed by atoms with Gasteiger partial charge in [-0.2, -0.15) is 0 Å². The second kappa shape index (κ2) is 10.1. The number of thioether (sulfide) groups is 1. The third kappa shape index (κ3) is 4.20. The van der Waals surface area contributed by atoms with Crippen molar-refractivity contribution in [1.29, 1.82) is 0 Å². The van der Waals surface area contributed by atoms with Gasteiger partial charge in [0.05, 0.1) is 7.11 Å². The van der Waals surface area contributed by atoms with E-state index >= 15 is 0 Å². The molecule has 8 nitrogen and oxygen atoms in total. The van der Waals surface area contributed by atoms with Crippen LogP contribution in [-0.2, 0) is 0 Å².